The SMILES string of the molecule is C#N.C=[C]([Cu])[Sn]([CH2]CCC)([CH2]CCC)[CH2]CCC. The fourth-order valence-electron chi connectivity index (χ4n) is 2.30. The molecule has 0 bridgehead atoms. The van der Waals surface area contributed by atoms with Gasteiger partial charge in [0.25, 0.3) is 0 Å². The third-order valence-electron chi connectivity index (χ3n) is 3.56. The Bertz CT molecular complexity index is 204. The average molecular weight is 407 g/mol. The Hall–Kier alpha value is 0.548. The summed E-state index contributed by atoms with van der Waals surface area (Å²) in [6, 6.07) is 0. The molecule has 0 heterocycles. The van der Waals surface area contributed by atoms with Crippen LogP contribution in [0.4, 0.5) is 0 Å². The second kappa shape index (κ2) is 14.0. The van der Waals surface area contributed by atoms with Gasteiger partial charge >= 0.3 is 116 Å². The fourth-order valence-corrected chi connectivity index (χ4v) is 17.8. The van der Waals surface area contributed by atoms with Crippen molar-refractivity contribution in [1.82, 2.24) is 0 Å². The Labute approximate surface area is 127 Å². The van der Waals surface area contributed by atoms with Gasteiger partial charge in [0, 0.05) is 6.57 Å². The number of hydrogen-bond acceptors (Lipinski definition) is 1. The molecule has 0 aromatic heterocycles. The van der Waals surface area contributed by atoms with Crippen LogP contribution in [-0.2, 0) is 16.0 Å². The zero-order valence-electron chi connectivity index (χ0n) is 12.4. The van der Waals surface area contributed by atoms with E-state index in [1.54, 1.807) is 0 Å². The summed E-state index contributed by atoms with van der Waals surface area (Å²) >= 11 is 3.57. The van der Waals surface area contributed by atoms with Crippen LogP contribution in [0.15, 0.2) is 9.07 Å². The molecule has 0 aromatic carbocycles. The van der Waals surface area contributed by atoms with Crippen molar-refractivity contribution in [2.45, 2.75) is 72.6 Å². The van der Waals surface area contributed by atoms with Crippen molar-refractivity contribution in [3.63, 3.8) is 0 Å². The van der Waals surface area contributed by atoms with Gasteiger partial charge in [-0.3, -0.25) is 0 Å². The van der Waals surface area contributed by atoms with Crippen LogP contribution in [0.5, 0.6) is 0 Å². The summed E-state index contributed by atoms with van der Waals surface area (Å²) in [6.45, 7) is 14.6. The van der Waals surface area contributed by atoms with E-state index in [2.05, 4.69) is 33.9 Å². The molecule has 3 heteroatoms. The first-order valence-electron chi connectivity index (χ1n) is 7.19. The van der Waals surface area contributed by atoms with Gasteiger partial charge in [-0.15, -0.1) is 0 Å². The van der Waals surface area contributed by atoms with Crippen molar-refractivity contribution >= 4 is 18.4 Å². The summed E-state index contributed by atoms with van der Waals surface area (Å²) in [5.74, 6) is 0. The second-order valence-corrected chi connectivity index (χ2v) is 19.9. The number of unbranched alkanes of at least 4 members (excludes halogenated alkanes) is 3. The molecule has 0 fully saturated rings. The average Bonchev–Trinajstić information content (AvgIpc) is 2.40. The Morgan fingerprint density at radius 2 is 1.22 bits per heavy atom. The van der Waals surface area contributed by atoms with E-state index in [0.717, 1.165) is 0 Å². The quantitative estimate of drug-likeness (QED) is 0.435. The Morgan fingerprint density at radius 3 is 1.39 bits per heavy atom. The Morgan fingerprint density at radius 1 is 0.944 bits per heavy atom. The maximum atomic E-state index is 6.50. The van der Waals surface area contributed by atoms with Gasteiger partial charge in [0.2, 0.25) is 0 Å². The summed E-state index contributed by atoms with van der Waals surface area (Å²) in [5, 5.41) is 6.50. The van der Waals surface area contributed by atoms with Crippen LogP contribution in [0.1, 0.15) is 59.3 Å². The molecule has 18 heavy (non-hydrogen) atoms. The van der Waals surface area contributed by atoms with Crippen LogP contribution in [0.3, 0.4) is 0 Å². The third kappa shape index (κ3) is 8.62. The predicted octanol–water partition coefficient (Wildman–Crippen LogP) is 5.57. The standard InChI is InChI=1S/3C4H9.C2H2.CHN.Cu.Sn/c3*1-3-4-2;2*1-2;;/h3*1,3-4H2,2H3;1H2;1H;;. The van der Waals surface area contributed by atoms with E-state index in [1.807, 2.05) is 0 Å². The molecule has 0 spiro atoms. The molecule has 0 N–H and O–H groups in total. The Kier molecular flexibility index (Phi) is 16.2. The number of nitrogens with zero attached hydrogens (tertiary/aromatic N) is 1. The molecule has 0 atom stereocenters. The van der Waals surface area contributed by atoms with Gasteiger partial charge in [0.1, 0.15) is 0 Å². The minimum atomic E-state index is -2.14. The van der Waals surface area contributed by atoms with Crippen LogP contribution in [0.25, 0.3) is 0 Å². The summed E-state index contributed by atoms with van der Waals surface area (Å²) < 4.78 is 5.59. The molecule has 0 aromatic rings. The fraction of sp³-hybridized carbons (Fsp3) is 0.800. The molecule has 110 valence electrons. The maximum absolute atomic E-state index is 6.50. The van der Waals surface area contributed by atoms with Crippen LogP contribution in [0, 0.1) is 11.8 Å². The number of hydrogen-bond donors (Lipinski definition) is 0. The van der Waals surface area contributed by atoms with E-state index in [1.165, 1.54) is 54.3 Å². The van der Waals surface area contributed by atoms with E-state index in [4.69, 9.17) is 21.3 Å². The summed E-state index contributed by atoms with van der Waals surface area (Å²) in [5.41, 5.74) is 0. The molecule has 0 radical (unpaired) electrons. The molecule has 0 aliphatic heterocycles. The number of rotatable bonds is 10. The molecular weight excluding hydrogens is 376 g/mol. The zero-order valence-corrected chi connectivity index (χ0v) is 16.2. The molecule has 0 amide bonds. The topological polar surface area (TPSA) is 23.8 Å². The van der Waals surface area contributed by atoms with E-state index in [9.17, 15) is 0 Å². The van der Waals surface area contributed by atoms with Gasteiger partial charge in [-0.05, 0) is 0 Å². The molecule has 0 aliphatic carbocycles. The van der Waals surface area contributed by atoms with Crippen molar-refractivity contribution in [2.75, 3.05) is 0 Å². The van der Waals surface area contributed by atoms with E-state index in [-0.39, 0.29) is 0 Å². The first kappa shape index (κ1) is 20.9. The van der Waals surface area contributed by atoms with Crippen molar-refractivity contribution < 1.29 is 16.0 Å². The van der Waals surface area contributed by atoms with Crippen LogP contribution in [-0.4, -0.2) is 18.4 Å². The Balaban J connectivity index is 0. The van der Waals surface area contributed by atoms with Gasteiger partial charge in [-0.1, -0.05) is 0 Å². The molecule has 0 unspecified atom stereocenters. The minimum absolute atomic E-state index is 1.21. The first-order chi connectivity index (χ1) is 8.63. The van der Waals surface area contributed by atoms with E-state index < -0.39 is 18.4 Å². The van der Waals surface area contributed by atoms with Crippen molar-refractivity contribution in [3.8, 4) is 6.57 Å². The first-order valence-corrected chi connectivity index (χ1v) is 15.1. The summed E-state index contributed by atoms with van der Waals surface area (Å²) in [6.07, 6.45) is 8.10. The van der Waals surface area contributed by atoms with Crippen molar-refractivity contribution in [3.05, 3.63) is 9.07 Å². The van der Waals surface area contributed by atoms with Gasteiger partial charge in [0.15, 0.2) is 0 Å². The van der Waals surface area contributed by atoms with Crippen LogP contribution in [0.2, 0.25) is 13.3 Å². The monoisotopic (exact) mass is 407 g/mol. The van der Waals surface area contributed by atoms with Gasteiger partial charge < -0.3 is 0 Å². The van der Waals surface area contributed by atoms with Crippen LogP contribution < -0.4 is 0 Å². The molecular formula is C15H30CuNSn. The zero-order chi connectivity index (χ0) is 14.4. The van der Waals surface area contributed by atoms with Gasteiger partial charge in [0.05, 0.1) is 0 Å². The molecule has 0 saturated carbocycles. The number of nitriles is 1. The second-order valence-electron chi connectivity index (χ2n) is 4.95. The molecule has 1 nitrogen and oxygen atoms in total. The van der Waals surface area contributed by atoms with Crippen LogP contribution >= 0.6 is 0 Å². The normalized spacial score (nSPS) is 10.6. The van der Waals surface area contributed by atoms with Gasteiger partial charge in [-0.25, -0.2) is 5.26 Å². The van der Waals surface area contributed by atoms with Crippen molar-refractivity contribution in [1.29, 1.82) is 5.26 Å². The summed E-state index contributed by atoms with van der Waals surface area (Å²) in [7, 11) is 0. The van der Waals surface area contributed by atoms with Gasteiger partial charge in [-0.2, -0.15) is 0 Å². The molecule has 0 rings (SSSR count). The van der Waals surface area contributed by atoms with E-state index in [0.29, 0.717) is 0 Å². The molecule has 0 saturated heterocycles. The van der Waals surface area contributed by atoms with E-state index >= 15 is 0 Å². The predicted molar refractivity (Wildman–Crippen MR) is 80.7 cm³/mol. The molecule has 0 aliphatic rings. The third-order valence-corrected chi connectivity index (χ3v) is 21.2. The summed E-state index contributed by atoms with van der Waals surface area (Å²) in [4.78, 5) is 0. The van der Waals surface area contributed by atoms with Crippen molar-refractivity contribution in [2.24, 2.45) is 0 Å².